The minimum absolute atomic E-state index is 0.00940. The Labute approximate surface area is 101 Å². The summed E-state index contributed by atoms with van der Waals surface area (Å²) in [5.41, 5.74) is 6.72. The van der Waals surface area contributed by atoms with E-state index in [0.29, 0.717) is 24.7 Å². The van der Waals surface area contributed by atoms with Gasteiger partial charge in [-0.2, -0.15) is 0 Å². The first-order valence-corrected chi connectivity index (χ1v) is 5.80. The Hall–Kier alpha value is -1.40. The van der Waals surface area contributed by atoms with Crippen molar-refractivity contribution in [2.45, 2.75) is 19.8 Å². The smallest absolute Gasteiger partial charge is 0.137 e. The number of hydrogen-bond acceptors (Lipinski definition) is 6. The fraction of sp³-hybridized carbons (Fsp3) is 0.636. The quantitative estimate of drug-likeness (QED) is 0.611. The third-order valence-corrected chi connectivity index (χ3v) is 2.50. The number of nitrogen functional groups attached to an aromatic ring is 1. The first-order valence-electron chi connectivity index (χ1n) is 5.80. The molecule has 0 aliphatic heterocycles. The molecule has 0 saturated carbocycles. The van der Waals surface area contributed by atoms with Gasteiger partial charge >= 0.3 is 0 Å². The molecule has 1 rings (SSSR count). The highest BCUT2D eigenvalue weighted by Gasteiger charge is 2.14. The lowest BCUT2D eigenvalue weighted by atomic mass is 10.1. The summed E-state index contributed by atoms with van der Waals surface area (Å²) in [4.78, 5) is 10.0. The summed E-state index contributed by atoms with van der Waals surface area (Å²) in [6.07, 6.45) is 3.14. The lowest BCUT2D eigenvalue weighted by Gasteiger charge is -2.24. The molecule has 4 N–H and O–H groups in total. The van der Waals surface area contributed by atoms with Crippen molar-refractivity contribution in [2.24, 2.45) is 0 Å². The summed E-state index contributed by atoms with van der Waals surface area (Å²) in [5, 5.41) is 18.0. The van der Waals surface area contributed by atoms with Crippen LogP contribution >= 0.6 is 0 Å². The van der Waals surface area contributed by atoms with Crippen molar-refractivity contribution >= 4 is 11.6 Å². The highest BCUT2D eigenvalue weighted by molar-refractivity contribution is 5.56. The summed E-state index contributed by atoms with van der Waals surface area (Å²) >= 11 is 0. The number of aliphatic hydroxyl groups is 2. The van der Waals surface area contributed by atoms with Gasteiger partial charge < -0.3 is 20.8 Å². The second kappa shape index (κ2) is 7.03. The van der Waals surface area contributed by atoms with Gasteiger partial charge in [0.05, 0.1) is 13.2 Å². The summed E-state index contributed by atoms with van der Waals surface area (Å²) in [5.74, 6) is 1.18. The van der Waals surface area contributed by atoms with Gasteiger partial charge in [0.2, 0.25) is 0 Å². The molecule has 0 aliphatic rings. The van der Waals surface area contributed by atoms with Crippen molar-refractivity contribution in [3.8, 4) is 0 Å². The average molecular weight is 240 g/mol. The number of rotatable bonds is 7. The zero-order valence-corrected chi connectivity index (χ0v) is 10.1. The molecule has 6 heteroatoms. The average Bonchev–Trinajstić information content (AvgIpc) is 2.32. The minimum Gasteiger partial charge on any atom is -0.395 e. The predicted molar refractivity (Wildman–Crippen MR) is 66.8 cm³/mol. The van der Waals surface area contributed by atoms with Crippen LogP contribution in [0.1, 0.15) is 18.9 Å². The Kier molecular flexibility index (Phi) is 5.65. The van der Waals surface area contributed by atoms with E-state index in [1.807, 2.05) is 4.90 Å². The fourth-order valence-electron chi connectivity index (χ4n) is 1.74. The van der Waals surface area contributed by atoms with Crippen molar-refractivity contribution in [3.63, 3.8) is 0 Å². The second-order valence-corrected chi connectivity index (χ2v) is 3.75. The van der Waals surface area contributed by atoms with Gasteiger partial charge in [-0.3, -0.25) is 0 Å². The fourth-order valence-corrected chi connectivity index (χ4v) is 1.74. The summed E-state index contributed by atoms with van der Waals surface area (Å²) in [6, 6.07) is 0. The maximum Gasteiger partial charge on any atom is 0.137 e. The maximum absolute atomic E-state index is 9.02. The SMILES string of the molecule is CCCc1c(N)ncnc1N(CCO)CCO. The van der Waals surface area contributed by atoms with Gasteiger partial charge in [0.15, 0.2) is 0 Å². The van der Waals surface area contributed by atoms with Gasteiger partial charge in [-0.1, -0.05) is 13.3 Å². The van der Waals surface area contributed by atoms with Crippen LogP contribution in [0.5, 0.6) is 0 Å². The molecule has 0 bridgehead atoms. The molecule has 0 saturated heterocycles. The summed E-state index contributed by atoms with van der Waals surface area (Å²) < 4.78 is 0. The molecule has 6 nitrogen and oxygen atoms in total. The van der Waals surface area contributed by atoms with E-state index >= 15 is 0 Å². The van der Waals surface area contributed by atoms with Crippen molar-refractivity contribution in [1.29, 1.82) is 0 Å². The predicted octanol–water partition coefficient (Wildman–Crippen LogP) is -0.198. The Morgan fingerprint density at radius 1 is 1.24 bits per heavy atom. The van der Waals surface area contributed by atoms with Crippen LogP contribution in [0.2, 0.25) is 0 Å². The van der Waals surface area contributed by atoms with E-state index < -0.39 is 0 Å². The van der Waals surface area contributed by atoms with Gasteiger partial charge in [-0.05, 0) is 6.42 Å². The lowest BCUT2D eigenvalue weighted by Crippen LogP contribution is -2.31. The van der Waals surface area contributed by atoms with Crippen LogP contribution in [0.25, 0.3) is 0 Å². The molecule has 0 unspecified atom stereocenters. The largest absolute Gasteiger partial charge is 0.395 e. The normalized spacial score (nSPS) is 10.5. The molecule has 0 fully saturated rings. The highest BCUT2D eigenvalue weighted by atomic mass is 16.3. The molecule has 1 aromatic rings. The van der Waals surface area contributed by atoms with E-state index in [4.69, 9.17) is 15.9 Å². The van der Waals surface area contributed by atoms with E-state index in [2.05, 4.69) is 16.9 Å². The molecule has 17 heavy (non-hydrogen) atoms. The zero-order valence-electron chi connectivity index (χ0n) is 10.1. The van der Waals surface area contributed by atoms with E-state index in [1.165, 1.54) is 6.33 Å². The van der Waals surface area contributed by atoms with Gasteiger partial charge in [-0.15, -0.1) is 0 Å². The molecular weight excluding hydrogens is 220 g/mol. The molecule has 0 aliphatic carbocycles. The van der Waals surface area contributed by atoms with Crippen LogP contribution in [0.15, 0.2) is 6.33 Å². The molecular formula is C11H20N4O2. The number of nitrogens with two attached hydrogens (primary N) is 1. The third kappa shape index (κ3) is 3.54. The third-order valence-electron chi connectivity index (χ3n) is 2.50. The standard InChI is InChI=1S/C11H20N4O2/c1-2-3-9-10(12)13-8-14-11(9)15(4-6-16)5-7-17/h8,16-17H,2-7H2,1H3,(H2,12,13,14). The highest BCUT2D eigenvalue weighted by Crippen LogP contribution is 2.22. The van der Waals surface area contributed by atoms with Crippen LogP contribution in [0.3, 0.4) is 0 Å². The zero-order chi connectivity index (χ0) is 12.7. The van der Waals surface area contributed by atoms with Crippen LogP contribution in [-0.4, -0.2) is 46.5 Å². The molecule has 0 radical (unpaired) electrons. The number of aliphatic hydroxyl groups excluding tert-OH is 2. The Bertz CT molecular complexity index is 340. The van der Waals surface area contributed by atoms with Crippen molar-refractivity contribution < 1.29 is 10.2 Å². The molecule has 0 amide bonds. The number of anilines is 2. The minimum atomic E-state index is 0.00940. The van der Waals surface area contributed by atoms with Gasteiger partial charge in [0.1, 0.15) is 18.0 Å². The van der Waals surface area contributed by atoms with E-state index in [-0.39, 0.29) is 13.2 Å². The monoisotopic (exact) mass is 240 g/mol. The maximum atomic E-state index is 9.02. The Morgan fingerprint density at radius 3 is 2.41 bits per heavy atom. The molecule has 0 aromatic carbocycles. The Balaban J connectivity index is 3.03. The molecule has 0 spiro atoms. The van der Waals surface area contributed by atoms with Gasteiger partial charge in [-0.25, -0.2) is 9.97 Å². The first-order chi connectivity index (χ1) is 8.24. The first kappa shape index (κ1) is 13.7. The van der Waals surface area contributed by atoms with Crippen molar-refractivity contribution in [1.82, 2.24) is 9.97 Å². The van der Waals surface area contributed by atoms with E-state index in [0.717, 1.165) is 18.4 Å². The van der Waals surface area contributed by atoms with E-state index in [1.54, 1.807) is 0 Å². The lowest BCUT2D eigenvalue weighted by molar-refractivity contribution is 0.280. The molecule has 0 atom stereocenters. The number of nitrogens with zero attached hydrogens (tertiary/aromatic N) is 3. The Morgan fingerprint density at radius 2 is 1.88 bits per heavy atom. The second-order valence-electron chi connectivity index (χ2n) is 3.75. The van der Waals surface area contributed by atoms with Crippen molar-refractivity contribution in [2.75, 3.05) is 36.9 Å². The van der Waals surface area contributed by atoms with E-state index in [9.17, 15) is 0 Å². The topological polar surface area (TPSA) is 95.5 Å². The van der Waals surface area contributed by atoms with Crippen LogP contribution in [-0.2, 0) is 6.42 Å². The van der Waals surface area contributed by atoms with Crippen molar-refractivity contribution in [3.05, 3.63) is 11.9 Å². The van der Waals surface area contributed by atoms with Crippen LogP contribution < -0.4 is 10.6 Å². The summed E-state index contributed by atoms with van der Waals surface area (Å²) in [7, 11) is 0. The van der Waals surface area contributed by atoms with Crippen LogP contribution in [0.4, 0.5) is 11.6 Å². The molecule has 96 valence electrons. The van der Waals surface area contributed by atoms with Gasteiger partial charge in [0.25, 0.3) is 0 Å². The summed E-state index contributed by atoms with van der Waals surface area (Å²) in [6.45, 7) is 2.92. The van der Waals surface area contributed by atoms with Gasteiger partial charge in [0, 0.05) is 18.7 Å². The van der Waals surface area contributed by atoms with Crippen LogP contribution in [0, 0.1) is 0 Å². The molecule has 1 aromatic heterocycles. The molecule has 1 heterocycles. The number of aromatic nitrogens is 2. The number of hydrogen-bond donors (Lipinski definition) is 3.